The van der Waals surface area contributed by atoms with E-state index in [0.717, 1.165) is 36.8 Å². The van der Waals surface area contributed by atoms with Crippen molar-refractivity contribution in [2.75, 3.05) is 27.4 Å². The Balaban J connectivity index is 1.26. The molecule has 2 heterocycles. The number of aromatic nitrogens is 4. The van der Waals surface area contributed by atoms with Crippen LogP contribution in [0.4, 0.5) is 0 Å². The molecule has 4 aromatic rings. The summed E-state index contributed by atoms with van der Waals surface area (Å²) in [6, 6.07) is 14.2. The molecule has 36 heavy (non-hydrogen) atoms. The lowest BCUT2D eigenvalue weighted by atomic mass is 9.92. The highest BCUT2D eigenvalue weighted by Crippen LogP contribution is 2.31. The molecule has 0 radical (unpaired) electrons. The molecular weight excluding hydrogens is 482 g/mol. The number of fused-ring (bicyclic) bond motifs is 2. The molecule has 188 valence electrons. The van der Waals surface area contributed by atoms with Crippen molar-refractivity contribution in [1.29, 1.82) is 0 Å². The van der Waals surface area contributed by atoms with Crippen LogP contribution in [-0.2, 0) is 22.9 Å². The first-order chi connectivity index (χ1) is 17.5. The minimum atomic E-state index is -3.63. The van der Waals surface area contributed by atoms with Crippen LogP contribution in [0, 0.1) is 0 Å². The fraction of sp³-hybridized carbons (Fsp3) is 0.320. The Kier molecular flexibility index (Phi) is 6.75. The predicted molar refractivity (Wildman–Crippen MR) is 133 cm³/mol. The number of nitrogens with one attached hydrogen (secondary N) is 1. The van der Waals surface area contributed by atoms with E-state index < -0.39 is 10.0 Å². The van der Waals surface area contributed by atoms with E-state index in [1.165, 1.54) is 5.56 Å². The Hall–Kier alpha value is -3.70. The lowest BCUT2D eigenvalue weighted by molar-refractivity contribution is 0.306. The molecule has 0 spiro atoms. The number of nitrogens with zero attached hydrogens (tertiary/aromatic N) is 4. The van der Waals surface area contributed by atoms with Crippen molar-refractivity contribution in [2.24, 2.45) is 0 Å². The first kappa shape index (κ1) is 24.0. The van der Waals surface area contributed by atoms with Gasteiger partial charge in [0.25, 0.3) is 0 Å². The molecule has 0 fully saturated rings. The Morgan fingerprint density at radius 2 is 1.72 bits per heavy atom. The third-order valence-corrected chi connectivity index (χ3v) is 7.61. The maximum atomic E-state index is 12.7. The van der Waals surface area contributed by atoms with E-state index in [1.54, 1.807) is 55.1 Å². The minimum Gasteiger partial charge on any atom is -0.493 e. The van der Waals surface area contributed by atoms with Gasteiger partial charge in [0.15, 0.2) is 23.0 Å². The quantitative estimate of drug-likeness (QED) is 0.342. The summed E-state index contributed by atoms with van der Waals surface area (Å²) in [7, 11) is -0.492. The van der Waals surface area contributed by atoms with Crippen molar-refractivity contribution in [3.05, 3.63) is 59.7 Å². The second kappa shape index (κ2) is 10.1. The van der Waals surface area contributed by atoms with E-state index in [2.05, 4.69) is 20.0 Å². The van der Waals surface area contributed by atoms with Gasteiger partial charge in [-0.1, -0.05) is 6.07 Å². The van der Waals surface area contributed by atoms with Crippen molar-refractivity contribution in [3.63, 3.8) is 0 Å². The first-order valence-electron chi connectivity index (χ1n) is 11.7. The van der Waals surface area contributed by atoms with Crippen LogP contribution in [-0.4, -0.2) is 55.6 Å². The standard InChI is InChI=1S/C25H27N5O5S/c1-33-21-10-8-19(16-22(21)34-2)25-28-27-23-11-12-24(29-30(23)25)35-14-13-26-36(31,32)20-9-7-17-5-3-4-6-18(17)15-20/h7-12,15-16,26H,3-6,13-14H2,1-2H3. The van der Waals surface area contributed by atoms with Gasteiger partial charge >= 0.3 is 0 Å². The second-order valence-electron chi connectivity index (χ2n) is 8.42. The second-order valence-corrected chi connectivity index (χ2v) is 10.2. The van der Waals surface area contributed by atoms with Gasteiger partial charge in [0.2, 0.25) is 15.9 Å². The number of benzene rings is 2. The molecule has 0 atom stereocenters. The molecule has 10 nitrogen and oxygen atoms in total. The van der Waals surface area contributed by atoms with Crippen molar-refractivity contribution >= 4 is 15.7 Å². The van der Waals surface area contributed by atoms with Crippen molar-refractivity contribution < 1.29 is 22.6 Å². The summed E-state index contributed by atoms with van der Waals surface area (Å²) in [5.74, 6) is 1.98. The zero-order valence-electron chi connectivity index (χ0n) is 20.1. The van der Waals surface area contributed by atoms with Crippen LogP contribution in [0.5, 0.6) is 17.4 Å². The van der Waals surface area contributed by atoms with Gasteiger partial charge in [-0.2, -0.15) is 4.52 Å². The Morgan fingerprint density at radius 3 is 2.53 bits per heavy atom. The molecule has 5 rings (SSSR count). The maximum absolute atomic E-state index is 12.7. The average molecular weight is 510 g/mol. The van der Waals surface area contributed by atoms with Crippen molar-refractivity contribution in [2.45, 2.75) is 30.6 Å². The Morgan fingerprint density at radius 1 is 0.917 bits per heavy atom. The molecule has 11 heteroatoms. The fourth-order valence-electron chi connectivity index (χ4n) is 4.30. The Labute approximate surface area is 209 Å². The van der Waals surface area contributed by atoms with Gasteiger partial charge in [-0.05, 0) is 73.2 Å². The van der Waals surface area contributed by atoms with Gasteiger partial charge in [-0.3, -0.25) is 0 Å². The van der Waals surface area contributed by atoms with Gasteiger partial charge in [-0.25, -0.2) is 13.1 Å². The number of rotatable bonds is 9. The zero-order chi connectivity index (χ0) is 25.1. The summed E-state index contributed by atoms with van der Waals surface area (Å²) in [6.45, 7) is 0.209. The summed E-state index contributed by atoms with van der Waals surface area (Å²) in [5, 5.41) is 12.9. The highest BCUT2D eigenvalue weighted by Gasteiger charge is 2.18. The van der Waals surface area contributed by atoms with Gasteiger partial charge in [-0.15, -0.1) is 15.3 Å². The summed E-state index contributed by atoms with van der Waals surface area (Å²) < 4.78 is 46.1. The lowest BCUT2D eigenvalue weighted by Gasteiger charge is -2.16. The molecule has 2 aromatic carbocycles. The molecule has 1 N–H and O–H groups in total. The predicted octanol–water partition coefficient (Wildman–Crippen LogP) is 3.04. The number of aryl methyl sites for hydroxylation is 2. The summed E-state index contributed by atoms with van der Waals surface area (Å²) >= 11 is 0. The number of hydrogen-bond acceptors (Lipinski definition) is 8. The molecule has 0 saturated carbocycles. The van der Waals surface area contributed by atoms with E-state index >= 15 is 0 Å². The maximum Gasteiger partial charge on any atom is 0.240 e. The van der Waals surface area contributed by atoms with Gasteiger partial charge < -0.3 is 14.2 Å². The summed E-state index contributed by atoms with van der Waals surface area (Å²) in [6.07, 6.45) is 4.17. The van der Waals surface area contributed by atoms with Crippen LogP contribution < -0.4 is 18.9 Å². The van der Waals surface area contributed by atoms with E-state index in [9.17, 15) is 8.42 Å². The smallest absolute Gasteiger partial charge is 0.240 e. The van der Waals surface area contributed by atoms with E-state index in [-0.39, 0.29) is 18.0 Å². The molecule has 0 saturated heterocycles. The highest BCUT2D eigenvalue weighted by molar-refractivity contribution is 7.89. The van der Waals surface area contributed by atoms with E-state index in [0.29, 0.717) is 28.9 Å². The molecule has 2 aromatic heterocycles. The third kappa shape index (κ3) is 4.84. The van der Waals surface area contributed by atoms with Gasteiger partial charge in [0.05, 0.1) is 19.1 Å². The summed E-state index contributed by atoms with van der Waals surface area (Å²) in [5.41, 5.74) is 3.64. The highest BCUT2D eigenvalue weighted by atomic mass is 32.2. The van der Waals surface area contributed by atoms with Gasteiger partial charge in [0.1, 0.15) is 6.61 Å². The average Bonchev–Trinajstić information content (AvgIpc) is 3.33. The zero-order valence-corrected chi connectivity index (χ0v) is 20.9. The topological polar surface area (TPSA) is 117 Å². The van der Waals surface area contributed by atoms with E-state index in [1.807, 2.05) is 12.1 Å². The molecule has 1 aliphatic rings. The van der Waals surface area contributed by atoms with Crippen LogP contribution in [0.2, 0.25) is 0 Å². The van der Waals surface area contributed by atoms with Gasteiger partial charge in [0, 0.05) is 18.2 Å². The fourth-order valence-corrected chi connectivity index (χ4v) is 5.36. The molecular formula is C25H27N5O5S. The van der Waals surface area contributed by atoms with Crippen LogP contribution in [0.1, 0.15) is 24.0 Å². The third-order valence-electron chi connectivity index (χ3n) is 6.15. The van der Waals surface area contributed by atoms with Crippen LogP contribution in [0.3, 0.4) is 0 Å². The number of hydrogen-bond donors (Lipinski definition) is 1. The normalized spacial score (nSPS) is 13.4. The largest absolute Gasteiger partial charge is 0.493 e. The van der Waals surface area contributed by atoms with Crippen LogP contribution in [0.15, 0.2) is 53.4 Å². The SMILES string of the molecule is COc1ccc(-c2nnc3ccc(OCCNS(=O)(=O)c4ccc5c(c4)CCCC5)nn23)cc1OC. The molecule has 0 amide bonds. The number of methoxy groups -OCH3 is 2. The molecule has 0 aliphatic heterocycles. The van der Waals surface area contributed by atoms with Crippen molar-refractivity contribution in [3.8, 4) is 28.8 Å². The summed E-state index contributed by atoms with van der Waals surface area (Å²) in [4.78, 5) is 0.284. The Bertz CT molecular complexity index is 1500. The number of ether oxygens (including phenoxy) is 3. The van der Waals surface area contributed by atoms with Crippen LogP contribution in [0.25, 0.3) is 17.0 Å². The minimum absolute atomic E-state index is 0.101. The first-order valence-corrected chi connectivity index (χ1v) is 13.2. The van der Waals surface area contributed by atoms with Crippen molar-refractivity contribution in [1.82, 2.24) is 24.5 Å². The lowest BCUT2D eigenvalue weighted by Crippen LogP contribution is -2.28. The molecule has 1 aliphatic carbocycles. The van der Waals surface area contributed by atoms with E-state index in [4.69, 9.17) is 14.2 Å². The monoisotopic (exact) mass is 509 g/mol. The number of sulfonamides is 1. The van der Waals surface area contributed by atoms with Crippen LogP contribution >= 0.6 is 0 Å². The molecule has 0 unspecified atom stereocenters. The molecule has 0 bridgehead atoms.